The largest absolute Gasteiger partial charge is 0.346 e. The molecule has 0 aromatic heterocycles. The monoisotopic (exact) mass is 386 g/mol. The van der Waals surface area contributed by atoms with Crippen LogP contribution in [0.25, 0.3) is 0 Å². The third-order valence-electron chi connectivity index (χ3n) is 4.89. The third kappa shape index (κ3) is 5.32. The zero-order chi connectivity index (χ0) is 20.8. The first-order valence-corrected chi connectivity index (χ1v) is 9.81. The first kappa shape index (κ1) is 20.3. The van der Waals surface area contributed by atoms with Crippen molar-refractivity contribution >= 4 is 17.5 Å². The molecule has 3 aromatic carbocycles. The summed E-state index contributed by atoms with van der Waals surface area (Å²) in [7, 11) is 0. The Hall–Kier alpha value is -3.40. The molecule has 0 aliphatic carbocycles. The minimum Gasteiger partial charge on any atom is -0.346 e. The summed E-state index contributed by atoms with van der Waals surface area (Å²) < 4.78 is 0. The van der Waals surface area contributed by atoms with E-state index in [0.717, 1.165) is 11.3 Å². The van der Waals surface area contributed by atoms with E-state index in [1.807, 2.05) is 61.5 Å². The van der Waals surface area contributed by atoms with Crippen LogP contribution in [0.5, 0.6) is 0 Å². The summed E-state index contributed by atoms with van der Waals surface area (Å²) in [5, 5.41) is 5.86. The van der Waals surface area contributed by atoms with Crippen molar-refractivity contribution in [2.45, 2.75) is 32.7 Å². The second kappa shape index (κ2) is 9.20. The molecule has 0 radical (unpaired) electrons. The summed E-state index contributed by atoms with van der Waals surface area (Å²) in [4.78, 5) is 24.9. The van der Waals surface area contributed by atoms with Crippen molar-refractivity contribution < 1.29 is 9.59 Å². The number of anilines is 1. The van der Waals surface area contributed by atoms with Crippen LogP contribution in [0.2, 0.25) is 0 Å². The van der Waals surface area contributed by atoms with E-state index >= 15 is 0 Å². The minimum atomic E-state index is -0.202. The first-order chi connectivity index (χ1) is 13.9. The summed E-state index contributed by atoms with van der Waals surface area (Å²) in [6, 6.07) is 24.2. The summed E-state index contributed by atoms with van der Waals surface area (Å²) in [6.45, 7) is 6.21. The smallest absolute Gasteiger partial charge is 0.255 e. The zero-order valence-electron chi connectivity index (χ0n) is 17.0. The Morgan fingerprint density at radius 1 is 0.655 bits per heavy atom. The molecule has 4 heteroatoms. The van der Waals surface area contributed by atoms with E-state index in [0.29, 0.717) is 17.0 Å². The SMILES string of the molecule is CC(C)c1ccc(NC(=O)c2ccc(C(=O)NC(C)c3ccccc3)cc2)cc1. The van der Waals surface area contributed by atoms with Crippen LogP contribution in [0.1, 0.15) is 64.6 Å². The van der Waals surface area contributed by atoms with Gasteiger partial charge in [-0.05, 0) is 60.4 Å². The van der Waals surface area contributed by atoms with Gasteiger partial charge in [-0.2, -0.15) is 0 Å². The molecule has 1 unspecified atom stereocenters. The summed E-state index contributed by atoms with van der Waals surface area (Å²) in [6.07, 6.45) is 0. The molecule has 0 aliphatic heterocycles. The molecule has 0 saturated heterocycles. The average molecular weight is 386 g/mol. The highest BCUT2D eigenvalue weighted by Crippen LogP contribution is 2.18. The van der Waals surface area contributed by atoms with E-state index in [2.05, 4.69) is 24.5 Å². The fraction of sp³-hybridized carbons (Fsp3) is 0.200. The van der Waals surface area contributed by atoms with Crippen LogP contribution in [0.4, 0.5) is 5.69 Å². The lowest BCUT2D eigenvalue weighted by Gasteiger charge is -2.14. The fourth-order valence-electron chi connectivity index (χ4n) is 3.03. The highest BCUT2D eigenvalue weighted by Gasteiger charge is 2.13. The molecular weight excluding hydrogens is 360 g/mol. The number of nitrogens with one attached hydrogen (secondary N) is 2. The predicted octanol–water partition coefficient (Wildman–Crippen LogP) is 5.55. The van der Waals surface area contributed by atoms with Gasteiger partial charge in [-0.1, -0.05) is 56.3 Å². The van der Waals surface area contributed by atoms with Crippen LogP contribution in [0.3, 0.4) is 0 Å². The van der Waals surface area contributed by atoms with Crippen molar-refractivity contribution in [1.29, 1.82) is 0 Å². The van der Waals surface area contributed by atoms with Crippen molar-refractivity contribution in [2.75, 3.05) is 5.32 Å². The van der Waals surface area contributed by atoms with E-state index in [-0.39, 0.29) is 17.9 Å². The van der Waals surface area contributed by atoms with E-state index in [1.165, 1.54) is 5.56 Å². The van der Waals surface area contributed by atoms with Gasteiger partial charge in [0.05, 0.1) is 6.04 Å². The number of amides is 2. The molecule has 1 atom stereocenters. The maximum atomic E-state index is 12.5. The number of hydrogen-bond donors (Lipinski definition) is 2. The Balaban J connectivity index is 1.61. The summed E-state index contributed by atoms with van der Waals surface area (Å²) >= 11 is 0. The Morgan fingerprint density at radius 3 is 1.76 bits per heavy atom. The summed E-state index contributed by atoms with van der Waals surface area (Å²) in [5.41, 5.74) is 4.04. The van der Waals surface area contributed by atoms with Crippen LogP contribution >= 0.6 is 0 Å². The Bertz CT molecular complexity index is 962. The van der Waals surface area contributed by atoms with E-state index < -0.39 is 0 Å². The van der Waals surface area contributed by atoms with Crippen LogP contribution in [-0.2, 0) is 0 Å². The first-order valence-electron chi connectivity index (χ1n) is 9.81. The van der Waals surface area contributed by atoms with Crippen molar-refractivity contribution in [3.05, 3.63) is 101 Å². The molecule has 0 spiro atoms. The van der Waals surface area contributed by atoms with Gasteiger partial charge >= 0.3 is 0 Å². The van der Waals surface area contributed by atoms with Gasteiger partial charge in [0.2, 0.25) is 0 Å². The Labute approximate surface area is 172 Å². The zero-order valence-corrected chi connectivity index (χ0v) is 17.0. The van der Waals surface area contributed by atoms with Gasteiger partial charge in [-0.3, -0.25) is 9.59 Å². The molecule has 0 aliphatic rings. The molecule has 29 heavy (non-hydrogen) atoms. The van der Waals surface area contributed by atoms with E-state index in [1.54, 1.807) is 24.3 Å². The van der Waals surface area contributed by atoms with Gasteiger partial charge in [0, 0.05) is 16.8 Å². The van der Waals surface area contributed by atoms with Crippen LogP contribution in [0.15, 0.2) is 78.9 Å². The van der Waals surface area contributed by atoms with E-state index in [4.69, 9.17) is 0 Å². The van der Waals surface area contributed by atoms with Gasteiger partial charge < -0.3 is 10.6 Å². The van der Waals surface area contributed by atoms with Gasteiger partial charge in [-0.25, -0.2) is 0 Å². The lowest BCUT2D eigenvalue weighted by molar-refractivity contribution is 0.0938. The molecule has 0 heterocycles. The van der Waals surface area contributed by atoms with Gasteiger partial charge in [0.25, 0.3) is 11.8 Å². The number of benzene rings is 3. The van der Waals surface area contributed by atoms with Gasteiger partial charge in [-0.15, -0.1) is 0 Å². The standard InChI is InChI=1S/C25H26N2O2/c1-17(2)19-13-15-23(16-14-19)27-25(29)22-11-9-21(10-12-22)24(28)26-18(3)20-7-5-4-6-8-20/h4-18H,1-3H3,(H,26,28)(H,27,29). The Kier molecular flexibility index (Phi) is 6.45. The number of carbonyl (C=O) groups is 2. The highest BCUT2D eigenvalue weighted by molar-refractivity contribution is 6.05. The molecule has 3 rings (SSSR count). The van der Waals surface area contributed by atoms with Crippen molar-refractivity contribution in [1.82, 2.24) is 5.32 Å². The maximum Gasteiger partial charge on any atom is 0.255 e. The molecule has 0 saturated carbocycles. The number of carbonyl (C=O) groups excluding carboxylic acids is 2. The molecule has 2 N–H and O–H groups in total. The topological polar surface area (TPSA) is 58.2 Å². The quantitative estimate of drug-likeness (QED) is 0.583. The third-order valence-corrected chi connectivity index (χ3v) is 4.89. The maximum absolute atomic E-state index is 12.5. The number of rotatable bonds is 6. The second-order valence-corrected chi connectivity index (χ2v) is 7.41. The normalized spacial score (nSPS) is 11.7. The van der Waals surface area contributed by atoms with Crippen molar-refractivity contribution in [3.8, 4) is 0 Å². The molecule has 4 nitrogen and oxygen atoms in total. The minimum absolute atomic E-state index is 0.0968. The average Bonchev–Trinajstić information content (AvgIpc) is 2.74. The number of hydrogen-bond acceptors (Lipinski definition) is 2. The van der Waals surface area contributed by atoms with Crippen molar-refractivity contribution in [3.63, 3.8) is 0 Å². The molecular formula is C25H26N2O2. The van der Waals surface area contributed by atoms with Gasteiger partial charge in [0.15, 0.2) is 0 Å². The molecule has 2 amide bonds. The molecule has 0 bridgehead atoms. The summed E-state index contributed by atoms with van der Waals surface area (Å²) in [5.74, 6) is 0.0764. The van der Waals surface area contributed by atoms with Crippen molar-refractivity contribution in [2.24, 2.45) is 0 Å². The fourth-order valence-corrected chi connectivity index (χ4v) is 3.03. The highest BCUT2D eigenvalue weighted by atomic mass is 16.2. The Morgan fingerprint density at radius 2 is 1.21 bits per heavy atom. The van der Waals surface area contributed by atoms with Gasteiger partial charge in [0.1, 0.15) is 0 Å². The molecule has 3 aromatic rings. The van der Waals surface area contributed by atoms with Crippen LogP contribution in [-0.4, -0.2) is 11.8 Å². The van der Waals surface area contributed by atoms with Crippen LogP contribution in [0, 0.1) is 0 Å². The molecule has 0 fully saturated rings. The lowest BCUT2D eigenvalue weighted by atomic mass is 10.0. The second-order valence-electron chi connectivity index (χ2n) is 7.41. The van der Waals surface area contributed by atoms with Crippen LogP contribution < -0.4 is 10.6 Å². The predicted molar refractivity (Wildman–Crippen MR) is 117 cm³/mol. The lowest BCUT2D eigenvalue weighted by Crippen LogP contribution is -2.26. The molecule has 148 valence electrons. The van der Waals surface area contributed by atoms with E-state index in [9.17, 15) is 9.59 Å².